The lowest BCUT2D eigenvalue weighted by molar-refractivity contribution is 0.301. The maximum absolute atomic E-state index is 13.1. The van der Waals surface area contributed by atoms with E-state index in [1.165, 1.54) is 28.9 Å². The predicted molar refractivity (Wildman–Crippen MR) is 105 cm³/mol. The molecule has 0 aliphatic heterocycles. The van der Waals surface area contributed by atoms with Crippen molar-refractivity contribution >= 4 is 11.6 Å². The van der Waals surface area contributed by atoms with Crippen LogP contribution in [0.5, 0.6) is 5.75 Å². The molecule has 0 fully saturated rings. The number of aromatic nitrogens is 3. The molecule has 2 heterocycles. The average molecular weight is 412 g/mol. The van der Waals surface area contributed by atoms with Gasteiger partial charge in [-0.2, -0.15) is 4.68 Å². The van der Waals surface area contributed by atoms with Gasteiger partial charge < -0.3 is 9.15 Å². The zero-order valence-electron chi connectivity index (χ0n) is 15.1. The molecule has 0 unspecified atom stereocenters. The molecule has 0 saturated heterocycles. The van der Waals surface area contributed by atoms with Gasteiger partial charge >= 0.3 is 5.76 Å². The molecule has 0 aliphatic carbocycles. The Morgan fingerprint density at radius 2 is 1.97 bits per heavy atom. The number of hydrogen-bond donors (Lipinski definition) is 0. The third-order valence-electron chi connectivity index (χ3n) is 4.16. The molecule has 0 bridgehead atoms. The fraction of sp³-hybridized carbons (Fsp3) is 0.0952. The summed E-state index contributed by atoms with van der Waals surface area (Å²) in [4.78, 5) is 16.3. The summed E-state index contributed by atoms with van der Waals surface area (Å²) in [5, 5.41) is 4.70. The lowest BCUT2D eigenvalue weighted by Crippen LogP contribution is -2.17. The van der Waals surface area contributed by atoms with Crippen LogP contribution in [0.1, 0.15) is 11.1 Å². The van der Waals surface area contributed by atoms with Crippen molar-refractivity contribution < 1.29 is 13.5 Å². The number of rotatable bonds is 6. The molecule has 0 spiro atoms. The van der Waals surface area contributed by atoms with E-state index in [4.69, 9.17) is 20.8 Å². The Morgan fingerprint density at radius 1 is 1.14 bits per heavy atom. The Hall–Kier alpha value is -3.45. The molecule has 29 heavy (non-hydrogen) atoms. The topological polar surface area (TPSA) is 70.2 Å². The Labute approximate surface area is 170 Å². The quantitative estimate of drug-likeness (QED) is 0.472. The minimum absolute atomic E-state index is 0.104. The average Bonchev–Trinajstić information content (AvgIpc) is 3.09. The molecule has 2 aromatic carbocycles. The molecule has 0 amide bonds. The van der Waals surface area contributed by atoms with Crippen molar-refractivity contribution in [2.45, 2.75) is 13.2 Å². The molecule has 0 atom stereocenters. The highest BCUT2D eigenvalue weighted by atomic mass is 35.5. The molecular weight excluding hydrogens is 397 g/mol. The zero-order valence-corrected chi connectivity index (χ0v) is 15.8. The van der Waals surface area contributed by atoms with E-state index in [2.05, 4.69) is 10.1 Å². The van der Waals surface area contributed by atoms with E-state index in [0.717, 1.165) is 5.56 Å². The number of hydrogen-bond acceptors (Lipinski definition) is 5. The number of nitrogens with zero attached hydrogens (tertiary/aromatic N) is 3. The highest BCUT2D eigenvalue weighted by Crippen LogP contribution is 2.25. The number of benzene rings is 2. The van der Waals surface area contributed by atoms with E-state index in [0.29, 0.717) is 28.5 Å². The summed E-state index contributed by atoms with van der Waals surface area (Å²) in [6.45, 7) is 0.420. The minimum Gasteiger partial charge on any atom is -0.488 e. The Bertz CT molecular complexity index is 1170. The summed E-state index contributed by atoms with van der Waals surface area (Å²) in [5.41, 5.74) is 2.08. The van der Waals surface area contributed by atoms with Gasteiger partial charge in [-0.1, -0.05) is 17.7 Å². The van der Waals surface area contributed by atoms with Gasteiger partial charge in [0.15, 0.2) is 0 Å². The van der Waals surface area contributed by atoms with Crippen LogP contribution in [-0.2, 0) is 13.2 Å². The molecule has 4 aromatic rings. The van der Waals surface area contributed by atoms with Gasteiger partial charge in [-0.15, -0.1) is 5.10 Å². The van der Waals surface area contributed by atoms with Crippen molar-refractivity contribution in [1.29, 1.82) is 0 Å². The van der Waals surface area contributed by atoms with Crippen LogP contribution in [0.15, 0.2) is 76.2 Å². The van der Waals surface area contributed by atoms with E-state index in [1.807, 2.05) is 12.1 Å². The van der Waals surface area contributed by atoms with Crippen LogP contribution in [0.4, 0.5) is 4.39 Å². The highest BCUT2D eigenvalue weighted by Gasteiger charge is 2.14. The summed E-state index contributed by atoms with van der Waals surface area (Å²) in [6, 6.07) is 14.4. The standard InChI is InChI=1S/C21H15ClFN3O3/c22-17-5-8-19(28-13-14-2-1-9-24-11-14)16(10-17)12-26-21(27)29-20(25-26)15-3-6-18(23)7-4-15/h1-11H,12-13H2. The molecule has 2 aromatic heterocycles. The van der Waals surface area contributed by atoms with Gasteiger partial charge in [0.25, 0.3) is 0 Å². The van der Waals surface area contributed by atoms with Gasteiger partial charge in [0, 0.05) is 34.1 Å². The first-order chi connectivity index (χ1) is 14.1. The van der Waals surface area contributed by atoms with Crippen LogP contribution in [-0.4, -0.2) is 14.8 Å². The van der Waals surface area contributed by atoms with Crippen LogP contribution in [0.3, 0.4) is 0 Å². The molecular formula is C21H15ClFN3O3. The first-order valence-corrected chi connectivity index (χ1v) is 9.10. The monoisotopic (exact) mass is 411 g/mol. The van der Waals surface area contributed by atoms with Crippen molar-refractivity contribution in [1.82, 2.24) is 14.8 Å². The molecule has 0 N–H and O–H groups in total. The number of halogens is 2. The third-order valence-corrected chi connectivity index (χ3v) is 4.39. The molecule has 0 aliphatic rings. The van der Waals surface area contributed by atoms with Crippen LogP contribution < -0.4 is 10.5 Å². The van der Waals surface area contributed by atoms with Gasteiger partial charge in [0.2, 0.25) is 5.89 Å². The molecule has 4 rings (SSSR count). The number of ether oxygens (including phenoxy) is 1. The van der Waals surface area contributed by atoms with Gasteiger partial charge in [-0.25, -0.2) is 9.18 Å². The van der Waals surface area contributed by atoms with Crippen molar-refractivity contribution in [2.75, 3.05) is 0 Å². The first-order valence-electron chi connectivity index (χ1n) is 8.72. The zero-order chi connectivity index (χ0) is 20.2. The Balaban J connectivity index is 1.58. The van der Waals surface area contributed by atoms with Crippen molar-refractivity contribution in [3.05, 3.63) is 99.5 Å². The molecule has 0 radical (unpaired) electrons. The maximum Gasteiger partial charge on any atom is 0.437 e. The Morgan fingerprint density at radius 3 is 2.72 bits per heavy atom. The summed E-state index contributed by atoms with van der Waals surface area (Å²) in [5.74, 6) is -0.348. The summed E-state index contributed by atoms with van der Waals surface area (Å²) in [6.07, 6.45) is 3.40. The summed E-state index contributed by atoms with van der Waals surface area (Å²) >= 11 is 6.12. The van der Waals surface area contributed by atoms with Gasteiger partial charge in [-0.3, -0.25) is 4.98 Å². The predicted octanol–water partition coefficient (Wildman–Crippen LogP) is 4.32. The van der Waals surface area contributed by atoms with Crippen LogP contribution >= 0.6 is 11.6 Å². The van der Waals surface area contributed by atoms with Crippen LogP contribution in [0, 0.1) is 5.82 Å². The highest BCUT2D eigenvalue weighted by molar-refractivity contribution is 6.30. The van der Waals surface area contributed by atoms with E-state index < -0.39 is 5.76 Å². The first kappa shape index (κ1) is 18.9. The minimum atomic E-state index is -0.637. The lowest BCUT2D eigenvalue weighted by atomic mass is 10.2. The SMILES string of the molecule is O=c1oc(-c2ccc(F)cc2)nn1Cc1cc(Cl)ccc1OCc1cccnc1. The second-order valence-corrected chi connectivity index (χ2v) is 6.68. The molecule has 6 nitrogen and oxygen atoms in total. The van der Waals surface area contributed by atoms with E-state index in [-0.39, 0.29) is 18.3 Å². The lowest BCUT2D eigenvalue weighted by Gasteiger charge is -2.11. The largest absolute Gasteiger partial charge is 0.488 e. The second kappa shape index (κ2) is 8.28. The van der Waals surface area contributed by atoms with Crippen molar-refractivity contribution in [2.24, 2.45) is 0 Å². The van der Waals surface area contributed by atoms with Gasteiger partial charge in [-0.05, 0) is 48.5 Å². The smallest absolute Gasteiger partial charge is 0.437 e. The normalized spacial score (nSPS) is 10.8. The molecule has 146 valence electrons. The van der Waals surface area contributed by atoms with Gasteiger partial charge in [0.1, 0.15) is 18.2 Å². The van der Waals surface area contributed by atoms with Crippen LogP contribution in [0.25, 0.3) is 11.5 Å². The Kier molecular flexibility index (Phi) is 5.39. The number of pyridine rings is 1. The van der Waals surface area contributed by atoms with E-state index in [9.17, 15) is 9.18 Å². The molecule has 8 heteroatoms. The van der Waals surface area contributed by atoms with Crippen molar-refractivity contribution in [3.8, 4) is 17.2 Å². The van der Waals surface area contributed by atoms with E-state index >= 15 is 0 Å². The fourth-order valence-corrected chi connectivity index (χ4v) is 2.93. The molecule has 0 saturated carbocycles. The third kappa shape index (κ3) is 4.52. The summed E-state index contributed by atoms with van der Waals surface area (Å²) in [7, 11) is 0. The van der Waals surface area contributed by atoms with Gasteiger partial charge in [0.05, 0.1) is 6.54 Å². The van der Waals surface area contributed by atoms with E-state index in [1.54, 1.807) is 30.6 Å². The summed E-state index contributed by atoms with van der Waals surface area (Å²) < 4.78 is 25.4. The second-order valence-electron chi connectivity index (χ2n) is 6.24. The maximum atomic E-state index is 13.1. The fourth-order valence-electron chi connectivity index (χ4n) is 2.73. The van der Waals surface area contributed by atoms with Crippen LogP contribution in [0.2, 0.25) is 5.02 Å². The van der Waals surface area contributed by atoms with Crippen molar-refractivity contribution in [3.63, 3.8) is 0 Å².